The van der Waals surface area contributed by atoms with Crippen LogP contribution in [0.3, 0.4) is 0 Å². The van der Waals surface area contributed by atoms with Gasteiger partial charge in [0.25, 0.3) is 0 Å². The van der Waals surface area contributed by atoms with Crippen LogP contribution in [-0.2, 0) is 9.63 Å². The van der Waals surface area contributed by atoms with Crippen LogP contribution in [0.1, 0.15) is 16.8 Å². The molecule has 4 nitrogen and oxygen atoms in total. The van der Waals surface area contributed by atoms with Crippen LogP contribution >= 0.6 is 0 Å². The van der Waals surface area contributed by atoms with Crippen molar-refractivity contribution in [3.63, 3.8) is 0 Å². The van der Waals surface area contributed by atoms with Crippen LogP contribution in [0, 0.1) is 23.7 Å². The normalized spacial score (nSPS) is 33.3. The largest absolute Gasteiger partial charge is 0.365 e. The molecule has 2 bridgehead atoms. The second-order valence-electron chi connectivity index (χ2n) is 6.00. The summed E-state index contributed by atoms with van der Waals surface area (Å²) >= 11 is 0. The Morgan fingerprint density at radius 3 is 2.55 bits per heavy atom. The Morgan fingerprint density at radius 1 is 1.05 bits per heavy atom. The van der Waals surface area contributed by atoms with E-state index < -0.39 is 5.97 Å². The molecule has 1 aromatic rings. The van der Waals surface area contributed by atoms with Gasteiger partial charge in [-0.15, -0.1) is 0 Å². The molecule has 1 aromatic carbocycles. The molecule has 4 heteroatoms. The number of allylic oxidation sites excluding steroid dienone is 4. The molecule has 1 saturated carbocycles. The topological polar surface area (TPSA) is 55.7 Å². The van der Waals surface area contributed by atoms with Crippen molar-refractivity contribution in [2.75, 3.05) is 0 Å². The smallest absolute Gasteiger partial charge is 0.313 e. The van der Waals surface area contributed by atoms with Crippen LogP contribution in [0.15, 0.2) is 59.8 Å². The molecule has 1 fully saturated rings. The first kappa shape index (κ1) is 13.2. The minimum absolute atomic E-state index is 0.0332. The maximum absolute atomic E-state index is 12.1. The highest BCUT2D eigenvalue weighted by atomic mass is 16.7. The third-order valence-corrected chi connectivity index (χ3v) is 4.79. The molecule has 4 atom stereocenters. The van der Waals surface area contributed by atoms with Crippen LogP contribution in [0.5, 0.6) is 0 Å². The highest BCUT2D eigenvalue weighted by molar-refractivity contribution is 6.10. The SMILES string of the molecule is O=C(O/N=C1\C=CC(=O)C2C3C=CC(C3)C12)c1ccccc1. The molecule has 0 radical (unpaired) electrons. The lowest BCUT2D eigenvalue weighted by atomic mass is 9.74. The molecular formula is C18H15NO3. The Bertz CT molecular complexity index is 717. The zero-order valence-electron chi connectivity index (χ0n) is 11.9. The number of fused-ring (bicyclic) bond motifs is 5. The summed E-state index contributed by atoms with van der Waals surface area (Å²) < 4.78 is 0. The van der Waals surface area contributed by atoms with Crippen LogP contribution in [0.25, 0.3) is 0 Å². The number of oxime groups is 1. The first-order chi connectivity index (χ1) is 10.7. The number of rotatable bonds is 2. The molecule has 0 N–H and O–H groups in total. The molecule has 0 heterocycles. The molecule has 4 unspecified atom stereocenters. The molecule has 22 heavy (non-hydrogen) atoms. The summed E-state index contributed by atoms with van der Waals surface area (Å²) in [4.78, 5) is 29.1. The van der Waals surface area contributed by atoms with Gasteiger partial charge in [0.2, 0.25) is 0 Å². The average molecular weight is 293 g/mol. The first-order valence-electron chi connectivity index (χ1n) is 7.48. The predicted molar refractivity (Wildman–Crippen MR) is 81.2 cm³/mol. The van der Waals surface area contributed by atoms with Crippen LogP contribution < -0.4 is 0 Å². The van der Waals surface area contributed by atoms with E-state index in [9.17, 15) is 9.59 Å². The minimum Gasteiger partial charge on any atom is -0.313 e. The summed E-state index contributed by atoms with van der Waals surface area (Å²) in [5.41, 5.74) is 1.16. The van der Waals surface area contributed by atoms with Gasteiger partial charge in [-0.05, 0) is 42.5 Å². The number of hydrogen-bond donors (Lipinski definition) is 0. The Labute approximate surface area is 128 Å². The number of benzene rings is 1. The van der Waals surface area contributed by atoms with Gasteiger partial charge in [0, 0.05) is 11.8 Å². The van der Waals surface area contributed by atoms with Crippen LogP contribution in [0.4, 0.5) is 0 Å². The Balaban J connectivity index is 1.57. The van der Waals surface area contributed by atoms with Crippen LogP contribution in [-0.4, -0.2) is 17.5 Å². The van der Waals surface area contributed by atoms with Crippen molar-refractivity contribution in [3.05, 3.63) is 60.2 Å². The molecule has 0 aliphatic heterocycles. The summed E-state index contributed by atoms with van der Waals surface area (Å²) in [5.74, 6) is 0.342. The maximum atomic E-state index is 12.1. The van der Waals surface area contributed by atoms with E-state index in [0.717, 1.165) is 6.42 Å². The van der Waals surface area contributed by atoms with Crippen molar-refractivity contribution >= 4 is 17.5 Å². The monoisotopic (exact) mass is 293 g/mol. The second kappa shape index (κ2) is 5.05. The van der Waals surface area contributed by atoms with Gasteiger partial charge in [-0.3, -0.25) is 4.79 Å². The summed E-state index contributed by atoms with van der Waals surface area (Å²) in [7, 11) is 0. The molecule has 0 spiro atoms. The van der Waals surface area contributed by atoms with Gasteiger partial charge in [-0.2, -0.15) is 0 Å². The van der Waals surface area contributed by atoms with Crippen molar-refractivity contribution < 1.29 is 14.4 Å². The summed E-state index contributed by atoms with van der Waals surface area (Å²) in [6.07, 6.45) is 8.54. The zero-order valence-corrected chi connectivity index (χ0v) is 11.9. The van der Waals surface area contributed by atoms with Gasteiger partial charge in [-0.1, -0.05) is 35.5 Å². The third kappa shape index (κ3) is 2.03. The first-order valence-corrected chi connectivity index (χ1v) is 7.48. The molecule has 0 aromatic heterocycles. The standard InChI is InChI=1S/C18H15NO3/c20-15-9-8-14(16-12-6-7-13(10-12)17(15)16)19-22-18(21)11-4-2-1-3-5-11/h1-9,12-13,16-17H,10H2/b19-14+. The summed E-state index contributed by atoms with van der Waals surface area (Å²) in [5, 5.41) is 4.05. The van der Waals surface area contributed by atoms with Gasteiger partial charge in [0.1, 0.15) is 0 Å². The number of carbonyl (C=O) groups excluding carboxylic acids is 2. The maximum Gasteiger partial charge on any atom is 0.365 e. The van der Waals surface area contributed by atoms with E-state index in [-0.39, 0.29) is 17.6 Å². The Morgan fingerprint density at radius 2 is 1.77 bits per heavy atom. The summed E-state index contributed by atoms with van der Waals surface area (Å²) in [6, 6.07) is 8.77. The van der Waals surface area contributed by atoms with E-state index >= 15 is 0 Å². The second-order valence-corrected chi connectivity index (χ2v) is 6.00. The highest BCUT2D eigenvalue weighted by Crippen LogP contribution is 2.50. The average Bonchev–Trinajstić information content (AvgIpc) is 3.17. The van der Waals surface area contributed by atoms with Crippen molar-refractivity contribution in [3.8, 4) is 0 Å². The van der Waals surface area contributed by atoms with Crippen molar-refractivity contribution in [2.24, 2.45) is 28.8 Å². The van der Waals surface area contributed by atoms with E-state index in [4.69, 9.17) is 4.84 Å². The fourth-order valence-electron chi connectivity index (χ4n) is 3.82. The Kier molecular flexibility index (Phi) is 3.03. The van der Waals surface area contributed by atoms with E-state index in [2.05, 4.69) is 17.3 Å². The van der Waals surface area contributed by atoms with Crippen molar-refractivity contribution in [2.45, 2.75) is 6.42 Å². The fourth-order valence-corrected chi connectivity index (χ4v) is 3.82. The lowest BCUT2D eigenvalue weighted by Crippen LogP contribution is -2.35. The number of hydrogen-bond acceptors (Lipinski definition) is 4. The van der Waals surface area contributed by atoms with E-state index in [1.54, 1.807) is 36.4 Å². The molecule has 3 aliphatic rings. The molecule has 3 aliphatic carbocycles. The number of carbonyl (C=O) groups is 2. The quantitative estimate of drug-likeness (QED) is 0.478. The highest BCUT2D eigenvalue weighted by Gasteiger charge is 2.50. The molecule has 0 amide bonds. The van der Waals surface area contributed by atoms with Crippen molar-refractivity contribution in [1.29, 1.82) is 0 Å². The molecular weight excluding hydrogens is 278 g/mol. The molecule has 110 valence electrons. The van der Waals surface area contributed by atoms with E-state index in [0.29, 0.717) is 23.1 Å². The van der Waals surface area contributed by atoms with Crippen LogP contribution in [0.2, 0.25) is 0 Å². The zero-order chi connectivity index (χ0) is 15.1. The van der Waals surface area contributed by atoms with E-state index in [1.165, 1.54) is 0 Å². The lowest BCUT2D eigenvalue weighted by molar-refractivity contribution is -0.119. The van der Waals surface area contributed by atoms with Gasteiger partial charge >= 0.3 is 5.97 Å². The van der Waals surface area contributed by atoms with E-state index in [1.807, 2.05) is 6.07 Å². The van der Waals surface area contributed by atoms with Gasteiger partial charge in [0.05, 0.1) is 11.3 Å². The van der Waals surface area contributed by atoms with Gasteiger partial charge < -0.3 is 4.84 Å². The molecule has 0 saturated heterocycles. The Hall–Kier alpha value is -2.49. The number of nitrogens with zero attached hydrogens (tertiary/aromatic N) is 1. The van der Waals surface area contributed by atoms with Gasteiger partial charge in [0.15, 0.2) is 5.78 Å². The lowest BCUT2D eigenvalue weighted by Gasteiger charge is -2.28. The predicted octanol–water partition coefficient (Wildman–Crippen LogP) is 2.78. The van der Waals surface area contributed by atoms with Gasteiger partial charge in [-0.25, -0.2) is 4.79 Å². The minimum atomic E-state index is -0.478. The van der Waals surface area contributed by atoms with Crippen molar-refractivity contribution in [1.82, 2.24) is 0 Å². The fraction of sp³-hybridized carbons (Fsp3) is 0.278. The molecule has 4 rings (SSSR count). The third-order valence-electron chi connectivity index (χ3n) is 4.79. The summed E-state index contributed by atoms with van der Waals surface area (Å²) in [6.45, 7) is 0. The number of ketones is 1.